The Balaban J connectivity index is 1.76. The number of ether oxygens (including phenoxy) is 1. The van der Waals surface area contributed by atoms with Crippen molar-refractivity contribution in [1.29, 1.82) is 0 Å². The van der Waals surface area contributed by atoms with Crippen LogP contribution in [0.1, 0.15) is 48.9 Å². The van der Waals surface area contributed by atoms with Crippen LogP contribution in [0.4, 0.5) is 0 Å². The summed E-state index contributed by atoms with van der Waals surface area (Å²) in [5.41, 5.74) is 0.445. The number of rotatable bonds is 10. The van der Waals surface area contributed by atoms with Crippen molar-refractivity contribution in [3.8, 4) is 0 Å². The summed E-state index contributed by atoms with van der Waals surface area (Å²) in [6.45, 7) is 1.80. The summed E-state index contributed by atoms with van der Waals surface area (Å²) in [6, 6.07) is 6.49. The monoisotopic (exact) mass is 397 g/mol. The molecule has 1 fully saturated rings. The van der Waals surface area contributed by atoms with E-state index in [1.807, 2.05) is 0 Å². The number of carbonyl (C=O) groups excluding carboxylic acids is 1. The first-order chi connectivity index (χ1) is 13.0. The minimum absolute atomic E-state index is 0.130. The van der Waals surface area contributed by atoms with E-state index < -0.39 is 10.0 Å². The van der Waals surface area contributed by atoms with Crippen LogP contribution < -0.4 is 15.4 Å². The van der Waals surface area contributed by atoms with Crippen molar-refractivity contribution in [3.05, 3.63) is 29.8 Å². The van der Waals surface area contributed by atoms with E-state index in [9.17, 15) is 13.2 Å². The van der Waals surface area contributed by atoms with Crippen molar-refractivity contribution < 1.29 is 17.9 Å². The lowest BCUT2D eigenvalue weighted by molar-refractivity contribution is 0.0953. The van der Waals surface area contributed by atoms with Gasteiger partial charge in [-0.2, -0.15) is 0 Å². The number of carbonyl (C=O) groups is 1. The molecule has 1 saturated carbocycles. The van der Waals surface area contributed by atoms with Gasteiger partial charge in [-0.1, -0.05) is 25.7 Å². The zero-order valence-corrected chi connectivity index (χ0v) is 16.8. The molecule has 8 heteroatoms. The number of benzene rings is 1. The summed E-state index contributed by atoms with van der Waals surface area (Å²) < 4.78 is 31.5. The summed E-state index contributed by atoms with van der Waals surface area (Å²) in [6.07, 6.45) is 7.62. The molecule has 0 saturated heterocycles. The highest BCUT2D eigenvalue weighted by Gasteiger charge is 2.15. The minimum atomic E-state index is -3.58. The predicted octanol–water partition coefficient (Wildman–Crippen LogP) is 1.65. The Bertz CT molecular complexity index is 669. The zero-order valence-electron chi connectivity index (χ0n) is 16.0. The second-order valence-corrected chi connectivity index (χ2v) is 8.58. The molecule has 0 spiro atoms. The molecule has 0 radical (unpaired) electrons. The normalized spacial score (nSPS) is 16.0. The van der Waals surface area contributed by atoms with Crippen LogP contribution in [0.3, 0.4) is 0 Å². The molecule has 1 amide bonds. The molecule has 7 nitrogen and oxygen atoms in total. The second-order valence-electron chi connectivity index (χ2n) is 6.81. The van der Waals surface area contributed by atoms with Gasteiger partial charge in [-0.25, -0.2) is 13.1 Å². The molecule has 0 aliphatic heterocycles. The third-order valence-corrected chi connectivity index (χ3v) is 6.20. The summed E-state index contributed by atoms with van der Waals surface area (Å²) >= 11 is 0. The Morgan fingerprint density at radius 1 is 1.04 bits per heavy atom. The van der Waals surface area contributed by atoms with Gasteiger partial charge in [0.2, 0.25) is 10.0 Å². The SMILES string of the molecule is COCCNS(=O)(=O)c1ccc(C(=O)NCCNC2CCCCCC2)cc1. The van der Waals surface area contributed by atoms with E-state index in [1.54, 1.807) is 0 Å². The Labute approximate surface area is 162 Å². The van der Waals surface area contributed by atoms with Gasteiger partial charge in [0.1, 0.15) is 0 Å². The summed E-state index contributed by atoms with van der Waals surface area (Å²) in [5.74, 6) is -0.200. The maximum atomic E-state index is 12.2. The summed E-state index contributed by atoms with van der Waals surface area (Å²) in [4.78, 5) is 12.3. The number of hydrogen-bond acceptors (Lipinski definition) is 5. The van der Waals surface area contributed by atoms with Gasteiger partial charge >= 0.3 is 0 Å². The molecular weight excluding hydrogens is 366 g/mol. The van der Waals surface area contributed by atoms with Crippen LogP contribution in [0.5, 0.6) is 0 Å². The molecule has 1 aliphatic rings. The van der Waals surface area contributed by atoms with Crippen LogP contribution in [0.15, 0.2) is 29.2 Å². The van der Waals surface area contributed by atoms with Gasteiger partial charge in [0.05, 0.1) is 11.5 Å². The van der Waals surface area contributed by atoms with Crippen LogP contribution in [-0.2, 0) is 14.8 Å². The van der Waals surface area contributed by atoms with Gasteiger partial charge in [0, 0.05) is 38.3 Å². The van der Waals surface area contributed by atoms with Gasteiger partial charge in [0.25, 0.3) is 5.91 Å². The van der Waals surface area contributed by atoms with E-state index in [4.69, 9.17) is 4.74 Å². The van der Waals surface area contributed by atoms with Crippen LogP contribution in [0.25, 0.3) is 0 Å². The average Bonchev–Trinajstić information content (AvgIpc) is 2.94. The van der Waals surface area contributed by atoms with Crippen molar-refractivity contribution in [3.63, 3.8) is 0 Å². The standard InChI is InChI=1S/C19H31N3O4S/c1-26-15-14-22-27(24,25)18-10-8-16(9-11-18)19(23)21-13-12-20-17-6-4-2-3-5-7-17/h8-11,17,20,22H,2-7,12-15H2,1H3,(H,21,23). The third-order valence-electron chi connectivity index (χ3n) is 4.72. The second kappa shape index (κ2) is 11.4. The van der Waals surface area contributed by atoms with Crippen molar-refractivity contribution >= 4 is 15.9 Å². The summed E-state index contributed by atoms with van der Waals surface area (Å²) in [7, 11) is -2.08. The average molecular weight is 398 g/mol. The van der Waals surface area contributed by atoms with E-state index in [0.717, 1.165) is 6.54 Å². The molecule has 27 heavy (non-hydrogen) atoms. The van der Waals surface area contributed by atoms with Gasteiger partial charge < -0.3 is 15.4 Å². The highest BCUT2D eigenvalue weighted by Crippen LogP contribution is 2.16. The lowest BCUT2D eigenvalue weighted by Gasteiger charge is -2.16. The van der Waals surface area contributed by atoms with Gasteiger partial charge in [-0.3, -0.25) is 4.79 Å². The first kappa shape index (κ1) is 21.8. The molecule has 0 unspecified atom stereocenters. The highest BCUT2D eigenvalue weighted by atomic mass is 32.2. The van der Waals surface area contributed by atoms with Gasteiger partial charge in [0.15, 0.2) is 0 Å². The topological polar surface area (TPSA) is 96.5 Å². The number of methoxy groups -OCH3 is 1. The summed E-state index contributed by atoms with van der Waals surface area (Å²) in [5, 5.41) is 6.38. The van der Waals surface area contributed by atoms with Gasteiger partial charge in [-0.05, 0) is 37.1 Å². The Kier molecular flexibility index (Phi) is 9.20. The molecule has 2 rings (SSSR count). The molecule has 152 valence electrons. The van der Waals surface area contributed by atoms with E-state index in [-0.39, 0.29) is 17.3 Å². The molecule has 1 aliphatic carbocycles. The lowest BCUT2D eigenvalue weighted by atomic mass is 10.1. The first-order valence-corrected chi connectivity index (χ1v) is 11.1. The third kappa shape index (κ3) is 7.57. The van der Waals surface area contributed by atoms with Crippen molar-refractivity contribution in [1.82, 2.24) is 15.4 Å². The highest BCUT2D eigenvalue weighted by molar-refractivity contribution is 7.89. The van der Waals surface area contributed by atoms with Crippen molar-refractivity contribution in [2.24, 2.45) is 0 Å². The molecule has 0 heterocycles. The van der Waals surface area contributed by atoms with Crippen molar-refractivity contribution in [2.45, 2.75) is 49.5 Å². The maximum Gasteiger partial charge on any atom is 0.251 e. The minimum Gasteiger partial charge on any atom is -0.383 e. The van der Waals surface area contributed by atoms with Crippen LogP contribution in [0.2, 0.25) is 0 Å². The zero-order chi connectivity index (χ0) is 19.5. The van der Waals surface area contributed by atoms with Crippen molar-refractivity contribution in [2.75, 3.05) is 33.4 Å². The fourth-order valence-electron chi connectivity index (χ4n) is 3.18. The Morgan fingerprint density at radius 2 is 1.70 bits per heavy atom. The lowest BCUT2D eigenvalue weighted by Crippen LogP contribution is -2.36. The molecule has 0 bridgehead atoms. The molecule has 1 aromatic rings. The van der Waals surface area contributed by atoms with E-state index in [1.165, 1.54) is 69.9 Å². The maximum absolute atomic E-state index is 12.2. The molecular formula is C19H31N3O4S. The quantitative estimate of drug-likeness (QED) is 0.412. The van der Waals surface area contributed by atoms with E-state index in [2.05, 4.69) is 15.4 Å². The molecule has 0 aromatic heterocycles. The first-order valence-electron chi connectivity index (χ1n) is 9.63. The Hall–Kier alpha value is -1.48. The van der Waals surface area contributed by atoms with Gasteiger partial charge in [-0.15, -0.1) is 0 Å². The molecule has 3 N–H and O–H groups in total. The number of nitrogens with one attached hydrogen (secondary N) is 3. The number of sulfonamides is 1. The van der Waals surface area contributed by atoms with Crippen LogP contribution in [0, 0.1) is 0 Å². The van der Waals surface area contributed by atoms with E-state index in [0.29, 0.717) is 24.8 Å². The fraction of sp³-hybridized carbons (Fsp3) is 0.632. The predicted molar refractivity (Wildman–Crippen MR) is 105 cm³/mol. The molecule has 1 aromatic carbocycles. The fourth-order valence-corrected chi connectivity index (χ4v) is 4.20. The largest absolute Gasteiger partial charge is 0.383 e. The molecule has 0 atom stereocenters. The van der Waals surface area contributed by atoms with E-state index >= 15 is 0 Å². The number of amides is 1. The Morgan fingerprint density at radius 3 is 2.33 bits per heavy atom. The van der Waals surface area contributed by atoms with Crippen LogP contribution >= 0.6 is 0 Å². The number of hydrogen-bond donors (Lipinski definition) is 3. The van der Waals surface area contributed by atoms with Crippen LogP contribution in [-0.4, -0.2) is 53.7 Å². The smallest absolute Gasteiger partial charge is 0.251 e.